The van der Waals surface area contributed by atoms with Gasteiger partial charge in [-0.1, -0.05) is 12.1 Å². The molecule has 0 fully saturated rings. The Kier molecular flexibility index (Phi) is 5.92. The average Bonchev–Trinajstić information content (AvgIpc) is 2.71. The summed E-state index contributed by atoms with van der Waals surface area (Å²) in [7, 11) is -10.1. The number of nitrogens with zero attached hydrogens (tertiary/aromatic N) is 4. The molecule has 178 valence electrons. The zero-order valence-corrected chi connectivity index (χ0v) is 17.8. The summed E-state index contributed by atoms with van der Waals surface area (Å²) >= 11 is 0. The first-order chi connectivity index (χ1) is 15.6. The van der Waals surface area contributed by atoms with E-state index in [2.05, 4.69) is 10.2 Å². The first-order valence-electron chi connectivity index (χ1n) is 8.44. The maximum Gasteiger partial charge on any atom is 0.319 e. The summed E-state index contributed by atoms with van der Waals surface area (Å²) in [6.07, 6.45) is 0. The summed E-state index contributed by atoms with van der Waals surface area (Å²) in [5.41, 5.74) is -4.04. The minimum Gasteiger partial charge on any atom is -0.505 e. The van der Waals surface area contributed by atoms with Crippen molar-refractivity contribution < 1.29 is 46.0 Å². The molecule has 0 atom stereocenters. The number of aromatic hydroxyl groups is 2. The number of benzene rings is 3. The molecule has 34 heavy (non-hydrogen) atoms. The molecule has 0 aliphatic carbocycles. The molecular formula is C16H10N4O12S2. The fourth-order valence-electron chi connectivity index (χ4n) is 2.89. The highest BCUT2D eigenvalue weighted by molar-refractivity contribution is 7.86. The Balaban J connectivity index is 2.40. The molecule has 3 rings (SSSR count). The largest absolute Gasteiger partial charge is 0.505 e. The Morgan fingerprint density at radius 3 is 1.94 bits per heavy atom. The van der Waals surface area contributed by atoms with E-state index in [1.54, 1.807) is 0 Å². The second kappa shape index (κ2) is 8.26. The summed E-state index contributed by atoms with van der Waals surface area (Å²) in [6.45, 7) is 0. The van der Waals surface area contributed by atoms with Crippen LogP contribution in [0.15, 0.2) is 56.4 Å². The molecule has 0 saturated carbocycles. The van der Waals surface area contributed by atoms with Gasteiger partial charge < -0.3 is 10.2 Å². The van der Waals surface area contributed by atoms with Crippen molar-refractivity contribution in [2.75, 3.05) is 0 Å². The van der Waals surface area contributed by atoms with Crippen LogP contribution in [0.25, 0.3) is 10.8 Å². The summed E-state index contributed by atoms with van der Waals surface area (Å²) < 4.78 is 66.0. The quantitative estimate of drug-likeness (QED) is 0.160. The predicted octanol–water partition coefficient (Wildman–Crippen LogP) is 2.98. The van der Waals surface area contributed by atoms with Gasteiger partial charge in [0, 0.05) is 11.5 Å². The first-order valence-corrected chi connectivity index (χ1v) is 11.3. The third-order valence-electron chi connectivity index (χ3n) is 4.32. The Morgan fingerprint density at radius 1 is 0.794 bits per heavy atom. The summed E-state index contributed by atoms with van der Waals surface area (Å²) in [5.74, 6) is -2.41. The molecular weight excluding hydrogens is 504 g/mol. The van der Waals surface area contributed by atoms with Crippen LogP contribution in [-0.2, 0) is 20.2 Å². The number of hydrogen-bond acceptors (Lipinski definition) is 12. The van der Waals surface area contributed by atoms with Crippen molar-refractivity contribution in [3.8, 4) is 11.5 Å². The molecule has 4 N–H and O–H groups in total. The SMILES string of the molecule is O=[N+]([O-])c1cc(N=Nc2c(S(=O)(=O)O)cc3cccc(S(=O)(=O)O)c3c2O)c(O)c([N+](=O)[O-])c1. The molecule has 0 amide bonds. The number of hydrogen-bond donors (Lipinski definition) is 4. The van der Waals surface area contributed by atoms with E-state index >= 15 is 0 Å². The van der Waals surface area contributed by atoms with Crippen LogP contribution in [0.2, 0.25) is 0 Å². The van der Waals surface area contributed by atoms with E-state index in [0.717, 1.165) is 18.2 Å². The van der Waals surface area contributed by atoms with Crippen molar-refractivity contribution >= 4 is 53.8 Å². The van der Waals surface area contributed by atoms with Crippen LogP contribution >= 0.6 is 0 Å². The lowest BCUT2D eigenvalue weighted by Gasteiger charge is -2.11. The number of nitro benzene ring substituents is 2. The number of rotatable bonds is 6. The van der Waals surface area contributed by atoms with Gasteiger partial charge in [-0.05, 0) is 17.5 Å². The number of nitro groups is 2. The van der Waals surface area contributed by atoms with E-state index in [1.165, 1.54) is 0 Å². The predicted molar refractivity (Wildman–Crippen MR) is 111 cm³/mol. The van der Waals surface area contributed by atoms with Crippen LogP contribution in [0, 0.1) is 20.2 Å². The molecule has 0 aliphatic heterocycles. The fourth-order valence-corrected chi connectivity index (χ4v) is 4.27. The van der Waals surface area contributed by atoms with Crippen LogP contribution in [0.5, 0.6) is 11.5 Å². The monoisotopic (exact) mass is 514 g/mol. The molecule has 18 heteroatoms. The van der Waals surface area contributed by atoms with Crippen LogP contribution in [-0.4, -0.2) is 46.0 Å². The van der Waals surface area contributed by atoms with Crippen molar-refractivity contribution in [2.45, 2.75) is 9.79 Å². The van der Waals surface area contributed by atoms with Crippen molar-refractivity contribution in [3.63, 3.8) is 0 Å². The Labute approximate surface area is 188 Å². The molecule has 0 saturated heterocycles. The second-order valence-electron chi connectivity index (χ2n) is 6.42. The van der Waals surface area contributed by atoms with Crippen molar-refractivity contribution in [2.24, 2.45) is 10.2 Å². The van der Waals surface area contributed by atoms with Crippen molar-refractivity contribution in [1.82, 2.24) is 0 Å². The van der Waals surface area contributed by atoms with E-state index in [4.69, 9.17) is 0 Å². The van der Waals surface area contributed by atoms with E-state index in [1.807, 2.05) is 0 Å². The average molecular weight is 514 g/mol. The van der Waals surface area contributed by atoms with E-state index in [0.29, 0.717) is 18.2 Å². The molecule has 3 aromatic carbocycles. The van der Waals surface area contributed by atoms with Gasteiger partial charge in [-0.15, -0.1) is 10.2 Å². The second-order valence-corrected chi connectivity index (χ2v) is 9.20. The maximum atomic E-state index is 11.8. The van der Waals surface area contributed by atoms with Gasteiger partial charge in [-0.3, -0.25) is 29.3 Å². The molecule has 0 spiro atoms. The van der Waals surface area contributed by atoms with E-state index in [9.17, 15) is 56.4 Å². The fraction of sp³-hybridized carbons (Fsp3) is 0. The molecule has 0 heterocycles. The smallest absolute Gasteiger partial charge is 0.319 e. The van der Waals surface area contributed by atoms with Gasteiger partial charge in [-0.25, -0.2) is 0 Å². The van der Waals surface area contributed by atoms with E-state index in [-0.39, 0.29) is 5.39 Å². The number of phenolic OH excluding ortho intramolecular Hbond substituents is 2. The number of non-ortho nitro benzene ring substituents is 1. The van der Waals surface area contributed by atoms with Crippen LogP contribution < -0.4 is 0 Å². The maximum absolute atomic E-state index is 11.8. The lowest BCUT2D eigenvalue weighted by atomic mass is 10.1. The number of phenols is 2. The zero-order chi connectivity index (χ0) is 25.6. The van der Waals surface area contributed by atoms with Gasteiger partial charge in [0.25, 0.3) is 25.9 Å². The molecule has 3 aromatic rings. The highest BCUT2D eigenvalue weighted by Crippen LogP contribution is 2.45. The highest BCUT2D eigenvalue weighted by Gasteiger charge is 2.27. The summed E-state index contributed by atoms with van der Waals surface area (Å²) in [4.78, 5) is 17.9. The van der Waals surface area contributed by atoms with Gasteiger partial charge in [0.2, 0.25) is 5.75 Å². The van der Waals surface area contributed by atoms with Gasteiger partial charge in [-0.2, -0.15) is 16.8 Å². The molecule has 0 bridgehead atoms. The molecule has 0 radical (unpaired) electrons. The highest BCUT2D eigenvalue weighted by atomic mass is 32.2. The summed E-state index contributed by atoms with van der Waals surface area (Å²) in [5, 5.41) is 48.4. The van der Waals surface area contributed by atoms with Gasteiger partial charge >= 0.3 is 5.69 Å². The lowest BCUT2D eigenvalue weighted by Crippen LogP contribution is -2.02. The Morgan fingerprint density at radius 2 is 1.41 bits per heavy atom. The van der Waals surface area contributed by atoms with E-state index < -0.39 is 79.5 Å². The van der Waals surface area contributed by atoms with Gasteiger partial charge in [0.05, 0.1) is 15.9 Å². The van der Waals surface area contributed by atoms with Gasteiger partial charge in [0.1, 0.15) is 21.2 Å². The van der Waals surface area contributed by atoms with Crippen LogP contribution in [0.3, 0.4) is 0 Å². The molecule has 0 aromatic heterocycles. The standard InChI is InChI=1S/C16H10N4O12S2/c21-15-9(5-8(19(23)24)6-10(15)20(25)26)17-18-14-12(34(30,31)32)4-7-2-1-3-11(33(27,28)29)13(7)16(14)22/h1-6,21-22H,(H,27,28,29)(H,30,31,32). The van der Waals surface area contributed by atoms with Gasteiger partial charge in [0.15, 0.2) is 5.75 Å². The normalized spacial score (nSPS) is 12.3. The Hall–Kier alpha value is -4.26. The molecule has 16 nitrogen and oxygen atoms in total. The van der Waals surface area contributed by atoms with Crippen molar-refractivity contribution in [3.05, 3.63) is 56.6 Å². The minimum atomic E-state index is -5.16. The first kappa shape index (κ1) is 24.4. The Bertz CT molecular complexity index is 1630. The minimum absolute atomic E-state index is 0.270. The lowest BCUT2D eigenvalue weighted by molar-refractivity contribution is -0.394. The summed E-state index contributed by atoms with van der Waals surface area (Å²) in [6, 6.07) is 4.74. The number of azo groups is 1. The molecule has 0 aliphatic rings. The zero-order valence-electron chi connectivity index (χ0n) is 16.1. The van der Waals surface area contributed by atoms with Crippen molar-refractivity contribution in [1.29, 1.82) is 0 Å². The topological polar surface area (TPSA) is 260 Å². The third kappa shape index (κ3) is 4.45. The third-order valence-corrected chi connectivity index (χ3v) is 6.08. The van der Waals surface area contributed by atoms with Crippen LogP contribution in [0.4, 0.5) is 22.7 Å². The molecule has 0 unspecified atom stereocenters. The number of fused-ring (bicyclic) bond motifs is 1. The van der Waals surface area contributed by atoms with Crippen LogP contribution in [0.1, 0.15) is 0 Å².